The molecular weight excluding hydrogens is 264 g/mol. The van der Waals surface area contributed by atoms with Crippen LogP contribution in [-0.4, -0.2) is 26.2 Å². The van der Waals surface area contributed by atoms with Crippen LogP contribution in [0.25, 0.3) is 0 Å². The fourth-order valence-electron chi connectivity index (χ4n) is 3.09. The number of carbonyl (C=O) groups excluding carboxylic acids is 1. The number of carbonyl (C=O) groups is 1. The van der Waals surface area contributed by atoms with E-state index < -0.39 is 0 Å². The molecule has 0 radical (unpaired) electrons. The van der Waals surface area contributed by atoms with Crippen molar-refractivity contribution in [2.24, 2.45) is 11.8 Å². The predicted octanol–water partition coefficient (Wildman–Crippen LogP) is 3.32. The van der Waals surface area contributed by atoms with Gasteiger partial charge in [-0.25, -0.2) is 4.79 Å². The van der Waals surface area contributed by atoms with Crippen molar-refractivity contribution < 1.29 is 9.53 Å². The summed E-state index contributed by atoms with van der Waals surface area (Å²) in [7, 11) is 1.40. The van der Waals surface area contributed by atoms with E-state index in [1.807, 2.05) is 6.07 Å². The summed E-state index contributed by atoms with van der Waals surface area (Å²) in [6.07, 6.45) is 3.62. The number of benzene rings is 1. The minimum atomic E-state index is -0.314. The van der Waals surface area contributed by atoms with E-state index in [0.717, 1.165) is 36.3 Å². The van der Waals surface area contributed by atoms with Crippen molar-refractivity contribution in [3.8, 4) is 0 Å². The second-order valence-electron chi connectivity index (χ2n) is 6.19. The van der Waals surface area contributed by atoms with Crippen LogP contribution >= 0.6 is 0 Å². The fourth-order valence-corrected chi connectivity index (χ4v) is 3.09. The number of ether oxygens (including phenoxy) is 1. The molecule has 1 aromatic rings. The van der Waals surface area contributed by atoms with Gasteiger partial charge in [0.05, 0.1) is 24.0 Å². The molecule has 0 aromatic heterocycles. The lowest BCUT2D eigenvalue weighted by atomic mass is 9.89. The summed E-state index contributed by atoms with van der Waals surface area (Å²) in [5.41, 5.74) is 8.36. The largest absolute Gasteiger partial charge is 0.465 e. The maximum atomic E-state index is 11.7. The van der Waals surface area contributed by atoms with E-state index >= 15 is 0 Å². The number of esters is 1. The molecule has 4 nitrogen and oxygen atoms in total. The minimum Gasteiger partial charge on any atom is -0.465 e. The van der Waals surface area contributed by atoms with Gasteiger partial charge in [-0.1, -0.05) is 13.8 Å². The summed E-state index contributed by atoms with van der Waals surface area (Å²) in [5.74, 6) is 1.19. The van der Waals surface area contributed by atoms with Crippen molar-refractivity contribution in [2.75, 3.05) is 30.8 Å². The van der Waals surface area contributed by atoms with Gasteiger partial charge in [-0.3, -0.25) is 0 Å². The predicted molar refractivity (Wildman–Crippen MR) is 86.6 cm³/mol. The first kappa shape index (κ1) is 15.7. The van der Waals surface area contributed by atoms with E-state index in [-0.39, 0.29) is 5.97 Å². The molecule has 4 heteroatoms. The zero-order valence-corrected chi connectivity index (χ0v) is 13.3. The van der Waals surface area contributed by atoms with Crippen LogP contribution in [0.15, 0.2) is 18.2 Å². The highest BCUT2D eigenvalue weighted by Gasteiger charge is 2.21. The first-order chi connectivity index (χ1) is 10.0. The van der Waals surface area contributed by atoms with Gasteiger partial charge in [-0.15, -0.1) is 0 Å². The molecule has 1 aliphatic rings. The molecule has 1 aromatic carbocycles. The number of nitrogens with zero attached hydrogens (tertiary/aromatic N) is 1. The zero-order chi connectivity index (χ0) is 15.4. The van der Waals surface area contributed by atoms with E-state index in [2.05, 4.69) is 18.7 Å². The molecule has 1 saturated heterocycles. The zero-order valence-electron chi connectivity index (χ0n) is 13.3. The van der Waals surface area contributed by atoms with E-state index in [0.29, 0.717) is 5.56 Å². The van der Waals surface area contributed by atoms with Gasteiger partial charge in [0.25, 0.3) is 0 Å². The van der Waals surface area contributed by atoms with Crippen LogP contribution in [0.4, 0.5) is 11.4 Å². The van der Waals surface area contributed by atoms with Crippen molar-refractivity contribution in [1.82, 2.24) is 0 Å². The number of hydrogen-bond acceptors (Lipinski definition) is 4. The van der Waals surface area contributed by atoms with Crippen LogP contribution in [0.1, 0.15) is 43.5 Å². The van der Waals surface area contributed by atoms with Crippen LogP contribution in [0, 0.1) is 11.8 Å². The Kier molecular flexibility index (Phi) is 5.10. The van der Waals surface area contributed by atoms with Crippen LogP contribution in [0.2, 0.25) is 0 Å². The smallest absolute Gasteiger partial charge is 0.337 e. The summed E-state index contributed by atoms with van der Waals surface area (Å²) in [5, 5.41) is 0. The number of nitrogens with two attached hydrogens (primary N) is 1. The van der Waals surface area contributed by atoms with Crippen molar-refractivity contribution >= 4 is 17.3 Å². The van der Waals surface area contributed by atoms with Crippen molar-refractivity contribution in [1.29, 1.82) is 0 Å². The summed E-state index contributed by atoms with van der Waals surface area (Å²) < 4.78 is 4.79. The van der Waals surface area contributed by atoms with Crippen LogP contribution < -0.4 is 10.6 Å². The molecule has 116 valence electrons. The Labute approximate surface area is 127 Å². The molecule has 0 amide bonds. The van der Waals surface area contributed by atoms with Gasteiger partial charge in [-0.05, 0) is 49.3 Å². The third-order valence-electron chi connectivity index (χ3n) is 4.51. The van der Waals surface area contributed by atoms with Gasteiger partial charge >= 0.3 is 5.97 Å². The Hall–Kier alpha value is -1.71. The van der Waals surface area contributed by atoms with Gasteiger partial charge in [0.15, 0.2) is 0 Å². The molecule has 0 bridgehead atoms. The van der Waals surface area contributed by atoms with E-state index in [1.54, 1.807) is 12.1 Å². The molecule has 1 aliphatic heterocycles. The Morgan fingerprint density at radius 2 is 2.10 bits per heavy atom. The maximum Gasteiger partial charge on any atom is 0.337 e. The highest BCUT2D eigenvalue weighted by molar-refractivity contribution is 5.92. The molecule has 21 heavy (non-hydrogen) atoms. The summed E-state index contributed by atoms with van der Waals surface area (Å²) in [6, 6.07) is 5.38. The Bertz CT molecular complexity index is 500. The van der Waals surface area contributed by atoms with E-state index in [1.165, 1.54) is 26.4 Å². The van der Waals surface area contributed by atoms with Gasteiger partial charge < -0.3 is 15.4 Å². The third kappa shape index (κ3) is 3.69. The standard InChI is InChI=1S/C17H26N2O2/c1-12(2)13-5-4-9-19(10-8-13)16-11-14(17(20)21-3)6-7-15(16)18/h6-7,11-13H,4-5,8-10,18H2,1-3H3. The van der Waals surface area contributed by atoms with Crippen LogP contribution in [-0.2, 0) is 4.74 Å². The fraction of sp³-hybridized carbons (Fsp3) is 0.588. The summed E-state index contributed by atoms with van der Waals surface area (Å²) in [6.45, 7) is 6.59. The number of rotatable bonds is 3. The van der Waals surface area contributed by atoms with E-state index in [9.17, 15) is 4.79 Å². The molecule has 0 saturated carbocycles. The average Bonchev–Trinajstić information content (AvgIpc) is 2.73. The van der Waals surface area contributed by atoms with Gasteiger partial charge in [0.1, 0.15) is 0 Å². The first-order valence-electron chi connectivity index (χ1n) is 7.75. The lowest BCUT2D eigenvalue weighted by Gasteiger charge is -2.25. The second kappa shape index (κ2) is 6.83. The first-order valence-corrected chi connectivity index (χ1v) is 7.75. The third-order valence-corrected chi connectivity index (χ3v) is 4.51. The molecule has 0 aliphatic carbocycles. The molecule has 1 fully saturated rings. The number of methoxy groups -OCH3 is 1. The average molecular weight is 290 g/mol. The van der Waals surface area contributed by atoms with E-state index in [4.69, 9.17) is 10.5 Å². The quantitative estimate of drug-likeness (QED) is 0.685. The Morgan fingerprint density at radius 1 is 1.33 bits per heavy atom. The highest BCUT2D eigenvalue weighted by atomic mass is 16.5. The molecule has 1 heterocycles. The SMILES string of the molecule is COC(=O)c1ccc(N)c(N2CCCC(C(C)C)CC2)c1. The van der Waals surface area contributed by atoms with Crippen LogP contribution in [0.3, 0.4) is 0 Å². The minimum absolute atomic E-state index is 0.314. The number of anilines is 2. The van der Waals surface area contributed by atoms with Crippen molar-refractivity contribution in [3.63, 3.8) is 0 Å². The van der Waals surface area contributed by atoms with Crippen LogP contribution in [0.5, 0.6) is 0 Å². The lowest BCUT2D eigenvalue weighted by molar-refractivity contribution is 0.0601. The molecular formula is C17H26N2O2. The van der Waals surface area contributed by atoms with Crippen molar-refractivity contribution in [3.05, 3.63) is 23.8 Å². The topological polar surface area (TPSA) is 55.6 Å². The molecule has 2 N–H and O–H groups in total. The van der Waals surface area contributed by atoms with Gasteiger partial charge in [-0.2, -0.15) is 0 Å². The monoisotopic (exact) mass is 290 g/mol. The van der Waals surface area contributed by atoms with Crippen molar-refractivity contribution in [2.45, 2.75) is 33.1 Å². The molecule has 0 spiro atoms. The number of hydrogen-bond donors (Lipinski definition) is 1. The Balaban J connectivity index is 2.19. The Morgan fingerprint density at radius 3 is 2.76 bits per heavy atom. The summed E-state index contributed by atoms with van der Waals surface area (Å²) in [4.78, 5) is 14.0. The van der Waals surface area contributed by atoms with Gasteiger partial charge in [0, 0.05) is 13.1 Å². The molecule has 1 unspecified atom stereocenters. The normalized spacial score (nSPS) is 19.4. The maximum absolute atomic E-state index is 11.7. The molecule has 2 rings (SSSR count). The number of nitrogen functional groups attached to an aromatic ring is 1. The summed E-state index contributed by atoms with van der Waals surface area (Å²) >= 11 is 0. The second-order valence-corrected chi connectivity index (χ2v) is 6.19. The molecule has 1 atom stereocenters. The highest BCUT2D eigenvalue weighted by Crippen LogP contribution is 2.30. The lowest BCUT2D eigenvalue weighted by Crippen LogP contribution is -2.25. The van der Waals surface area contributed by atoms with Gasteiger partial charge in [0.2, 0.25) is 0 Å².